The van der Waals surface area contributed by atoms with E-state index in [9.17, 15) is 8.78 Å². The third-order valence-corrected chi connectivity index (χ3v) is 4.92. The van der Waals surface area contributed by atoms with Gasteiger partial charge in [-0.2, -0.15) is 9.90 Å². The van der Waals surface area contributed by atoms with Gasteiger partial charge in [0.25, 0.3) is 5.95 Å². The maximum absolute atomic E-state index is 13.8. The van der Waals surface area contributed by atoms with Crippen molar-refractivity contribution in [1.29, 1.82) is 0 Å². The van der Waals surface area contributed by atoms with Crippen molar-refractivity contribution >= 4 is 22.8 Å². The van der Waals surface area contributed by atoms with Crippen LogP contribution < -0.4 is 9.80 Å². The zero-order valence-electron chi connectivity index (χ0n) is 18.0. The van der Waals surface area contributed by atoms with Crippen molar-refractivity contribution in [2.24, 2.45) is 14.1 Å². The summed E-state index contributed by atoms with van der Waals surface area (Å²) in [4.78, 5) is 9.87. The number of nitrogens with zero attached hydrogens (tertiary/aromatic N) is 9. The van der Waals surface area contributed by atoms with E-state index in [1.54, 1.807) is 11.7 Å². The highest BCUT2D eigenvalue weighted by Gasteiger charge is 2.20. The van der Waals surface area contributed by atoms with Crippen LogP contribution in [0.5, 0.6) is 0 Å². The quantitative estimate of drug-likeness (QED) is 0.467. The summed E-state index contributed by atoms with van der Waals surface area (Å²) in [6.45, 7) is 2.48. The lowest BCUT2D eigenvalue weighted by Crippen LogP contribution is -2.25. The molecule has 0 N–H and O–H groups in total. The molecule has 4 rings (SSSR count). The lowest BCUT2D eigenvalue weighted by molar-refractivity contribution is 0.578. The molecule has 0 aliphatic carbocycles. The molecule has 0 saturated carbocycles. The van der Waals surface area contributed by atoms with E-state index in [0.717, 1.165) is 34.2 Å². The van der Waals surface area contributed by atoms with Crippen LogP contribution in [0.4, 0.5) is 20.5 Å². The molecule has 9 nitrogen and oxygen atoms in total. The molecular weight excluding hydrogens is 404 g/mol. The van der Waals surface area contributed by atoms with E-state index in [0.29, 0.717) is 18.1 Å². The van der Waals surface area contributed by atoms with Crippen molar-refractivity contribution < 1.29 is 8.78 Å². The Bertz CT molecular complexity index is 1220. The Hall–Kier alpha value is -3.63. The molecule has 0 aliphatic heterocycles. The molecule has 0 aliphatic rings. The van der Waals surface area contributed by atoms with E-state index in [1.165, 1.54) is 16.9 Å². The van der Waals surface area contributed by atoms with Gasteiger partial charge in [0.05, 0.1) is 12.7 Å². The second-order valence-corrected chi connectivity index (χ2v) is 7.66. The summed E-state index contributed by atoms with van der Waals surface area (Å²) in [5, 5.41) is 17.7. The van der Waals surface area contributed by atoms with Gasteiger partial charge in [0.1, 0.15) is 17.5 Å². The van der Waals surface area contributed by atoms with Crippen LogP contribution in [0.2, 0.25) is 0 Å². The summed E-state index contributed by atoms with van der Waals surface area (Å²) >= 11 is 0. The lowest BCUT2D eigenvalue weighted by Gasteiger charge is -2.24. The topological polar surface area (TPSA) is 80.8 Å². The van der Waals surface area contributed by atoms with Crippen LogP contribution in [0.25, 0.3) is 11.0 Å². The van der Waals surface area contributed by atoms with Crippen molar-refractivity contribution in [2.45, 2.75) is 20.0 Å². The monoisotopic (exact) mass is 427 g/mol. The first-order valence-corrected chi connectivity index (χ1v) is 9.65. The van der Waals surface area contributed by atoms with Gasteiger partial charge in [-0.05, 0) is 35.9 Å². The van der Waals surface area contributed by atoms with Gasteiger partial charge in [0, 0.05) is 51.2 Å². The van der Waals surface area contributed by atoms with Crippen LogP contribution in [0.15, 0.2) is 24.3 Å². The highest BCUT2D eigenvalue weighted by molar-refractivity contribution is 5.81. The van der Waals surface area contributed by atoms with Crippen molar-refractivity contribution in [3.05, 3.63) is 52.7 Å². The van der Waals surface area contributed by atoms with E-state index >= 15 is 0 Å². The van der Waals surface area contributed by atoms with Gasteiger partial charge in [-0.15, -0.1) is 5.10 Å². The summed E-state index contributed by atoms with van der Waals surface area (Å²) in [6, 6.07) is 5.48. The van der Waals surface area contributed by atoms with Gasteiger partial charge >= 0.3 is 0 Å². The summed E-state index contributed by atoms with van der Waals surface area (Å²) in [5.41, 5.74) is 3.01. The molecule has 0 fully saturated rings. The van der Waals surface area contributed by atoms with Crippen molar-refractivity contribution in [3.8, 4) is 0 Å². The predicted octanol–water partition coefficient (Wildman–Crippen LogP) is 2.35. The number of anilines is 2. The van der Waals surface area contributed by atoms with E-state index in [-0.39, 0.29) is 6.54 Å². The Labute approximate surface area is 177 Å². The minimum absolute atomic E-state index is 0.192. The molecular formula is C20H23F2N9. The third-order valence-electron chi connectivity index (χ3n) is 4.92. The van der Waals surface area contributed by atoms with Crippen LogP contribution in [0, 0.1) is 18.6 Å². The number of aryl methyl sites for hydroxylation is 3. The molecule has 0 radical (unpaired) electrons. The molecule has 31 heavy (non-hydrogen) atoms. The van der Waals surface area contributed by atoms with Crippen LogP contribution in [-0.2, 0) is 27.2 Å². The van der Waals surface area contributed by atoms with Gasteiger partial charge in [-0.25, -0.2) is 13.8 Å². The number of halogens is 2. The van der Waals surface area contributed by atoms with E-state index in [4.69, 9.17) is 4.98 Å². The maximum Gasteiger partial charge on any atom is 0.266 e. The van der Waals surface area contributed by atoms with E-state index < -0.39 is 11.6 Å². The molecule has 1 aromatic carbocycles. The first kappa shape index (κ1) is 20.6. The number of hydrogen-bond donors (Lipinski definition) is 0. The minimum atomic E-state index is -0.634. The number of fused-ring (bicyclic) bond motifs is 1. The fraction of sp³-hybridized carbons (Fsp3) is 0.350. The second-order valence-electron chi connectivity index (χ2n) is 7.66. The molecule has 0 amide bonds. The number of aromatic nitrogens is 7. The van der Waals surface area contributed by atoms with Crippen LogP contribution in [-0.4, -0.2) is 49.1 Å². The van der Waals surface area contributed by atoms with Gasteiger partial charge < -0.3 is 9.80 Å². The first-order valence-electron chi connectivity index (χ1n) is 9.65. The van der Waals surface area contributed by atoms with E-state index in [1.807, 2.05) is 43.9 Å². The van der Waals surface area contributed by atoms with Crippen LogP contribution >= 0.6 is 0 Å². The highest BCUT2D eigenvalue weighted by atomic mass is 19.1. The van der Waals surface area contributed by atoms with Crippen molar-refractivity contribution in [1.82, 2.24) is 35.0 Å². The molecule has 4 aromatic rings. The number of benzene rings is 1. The van der Waals surface area contributed by atoms with Crippen molar-refractivity contribution in [3.63, 3.8) is 0 Å². The second kappa shape index (κ2) is 7.89. The number of rotatable bonds is 6. The average Bonchev–Trinajstić information content (AvgIpc) is 3.23. The normalized spacial score (nSPS) is 11.3. The summed E-state index contributed by atoms with van der Waals surface area (Å²) in [5.74, 6) is -0.162. The largest absolute Gasteiger partial charge is 0.362 e. The van der Waals surface area contributed by atoms with E-state index in [2.05, 4.69) is 20.5 Å². The smallest absolute Gasteiger partial charge is 0.266 e. The molecule has 3 aromatic heterocycles. The molecule has 3 heterocycles. The molecule has 0 atom stereocenters. The van der Waals surface area contributed by atoms with Gasteiger partial charge in [0.15, 0.2) is 5.65 Å². The fourth-order valence-electron chi connectivity index (χ4n) is 3.60. The highest BCUT2D eigenvalue weighted by Crippen LogP contribution is 2.27. The zero-order chi connectivity index (χ0) is 22.3. The zero-order valence-corrected chi connectivity index (χ0v) is 18.0. The average molecular weight is 427 g/mol. The SMILES string of the molecule is Cc1nn(C)c2nc(N(C)C)c(CN(Cc3cc(F)cc(F)c3)c3nnn(C)n3)cc12. The standard InChI is InChI=1S/C20H23F2N9/c1-12-17-8-14(18(28(2)3)23-19(17)29(4)25-12)11-31(20-24-27-30(5)26-20)10-13-6-15(21)9-16(22)7-13/h6-9H,10-11H2,1-5H3. The lowest BCUT2D eigenvalue weighted by atomic mass is 10.1. The molecule has 0 bridgehead atoms. The Balaban J connectivity index is 1.78. The molecule has 11 heteroatoms. The number of hydrogen-bond acceptors (Lipinski definition) is 7. The van der Waals surface area contributed by atoms with Gasteiger partial charge in [-0.1, -0.05) is 5.10 Å². The van der Waals surface area contributed by atoms with Gasteiger partial charge in [-0.3, -0.25) is 4.68 Å². The Morgan fingerprint density at radius 1 is 0.968 bits per heavy atom. The Morgan fingerprint density at radius 3 is 2.29 bits per heavy atom. The maximum atomic E-state index is 13.8. The summed E-state index contributed by atoms with van der Waals surface area (Å²) < 4.78 is 29.3. The Morgan fingerprint density at radius 2 is 1.68 bits per heavy atom. The first-order chi connectivity index (χ1) is 14.7. The summed E-state index contributed by atoms with van der Waals surface area (Å²) in [6.07, 6.45) is 0. The number of pyridine rings is 1. The van der Waals surface area contributed by atoms with Gasteiger partial charge in [0.2, 0.25) is 0 Å². The minimum Gasteiger partial charge on any atom is -0.362 e. The third kappa shape index (κ3) is 4.16. The summed E-state index contributed by atoms with van der Waals surface area (Å²) in [7, 11) is 7.34. The van der Waals surface area contributed by atoms with Crippen LogP contribution in [0.3, 0.4) is 0 Å². The number of tetrazole rings is 1. The van der Waals surface area contributed by atoms with Crippen molar-refractivity contribution in [2.75, 3.05) is 23.9 Å². The molecule has 0 spiro atoms. The molecule has 0 unspecified atom stereocenters. The predicted molar refractivity (Wildman–Crippen MR) is 113 cm³/mol. The molecule has 162 valence electrons. The fourth-order valence-corrected chi connectivity index (χ4v) is 3.60. The Kier molecular flexibility index (Phi) is 5.25. The molecule has 0 saturated heterocycles. The van der Waals surface area contributed by atoms with Crippen LogP contribution in [0.1, 0.15) is 16.8 Å².